The molecule has 0 bridgehead atoms. The first-order valence-electron chi connectivity index (χ1n) is 13.0. The lowest BCUT2D eigenvalue weighted by atomic mass is 10.1. The molecule has 1 N–H and O–H groups in total. The maximum atomic E-state index is 14.0. The summed E-state index contributed by atoms with van der Waals surface area (Å²) in [6.07, 6.45) is 0.722. The van der Waals surface area contributed by atoms with Gasteiger partial charge >= 0.3 is 0 Å². The largest absolute Gasteiger partial charge is 0.497 e. The predicted octanol–water partition coefficient (Wildman–Crippen LogP) is 5.18. The first-order chi connectivity index (χ1) is 19.0. The Morgan fingerprint density at radius 3 is 2.33 bits per heavy atom. The van der Waals surface area contributed by atoms with Gasteiger partial charge in [-0.2, -0.15) is 0 Å². The van der Waals surface area contributed by atoms with E-state index in [0.717, 1.165) is 16.3 Å². The Kier molecular flexibility index (Phi) is 10.6. The van der Waals surface area contributed by atoms with Crippen molar-refractivity contribution in [3.8, 4) is 5.75 Å². The summed E-state index contributed by atoms with van der Waals surface area (Å²) in [5.74, 6) is -0.278. The molecule has 3 aromatic carbocycles. The van der Waals surface area contributed by atoms with Gasteiger partial charge in [-0.3, -0.25) is 13.9 Å². The topological polar surface area (TPSA) is 96.0 Å². The first-order valence-corrected chi connectivity index (χ1v) is 14.9. The zero-order chi connectivity index (χ0) is 29.4. The zero-order valence-electron chi connectivity index (χ0n) is 23.4. The minimum Gasteiger partial charge on any atom is -0.497 e. The van der Waals surface area contributed by atoms with E-state index in [0.29, 0.717) is 16.3 Å². The third-order valence-corrected chi connectivity index (χ3v) is 8.96. The van der Waals surface area contributed by atoms with Crippen molar-refractivity contribution in [1.82, 2.24) is 10.2 Å². The number of hydrogen-bond donors (Lipinski definition) is 1. The van der Waals surface area contributed by atoms with Crippen LogP contribution in [0.15, 0.2) is 77.7 Å². The minimum absolute atomic E-state index is 0.0316. The highest BCUT2D eigenvalue weighted by molar-refractivity contribution is 7.92. The summed E-state index contributed by atoms with van der Waals surface area (Å²) in [5.41, 5.74) is 1.52. The highest BCUT2D eigenvalue weighted by Gasteiger charge is 2.33. The Labute approximate surface area is 241 Å². The molecular weight excluding hydrogens is 550 g/mol. The van der Waals surface area contributed by atoms with Crippen LogP contribution in [-0.4, -0.2) is 50.9 Å². The van der Waals surface area contributed by atoms with E-state index in [1.165, 1.54) is 17.0 Å². The van der Waals surface area contributed by atoms with Crippen molar-refractivity contribution in [2.75, 3.05) is 18.0 Å². The van der Waals surface area contributed by atoms with Gasteiger partial charge in [0.2, 0.25) is 11.8 Å². The molecule has 0 radical (unpaired) electrons. The first kappa shape index (κ1) is 31.0. The molecule has 0 aromatic heterocycles. The third kappa shape index (κ3) is 7.34. The van der Waals surface area contributed by atoms with Gasteiger partial charge in [0.05, 0.1) is 17.7 Å². The summed E-state index contributed by atoms with van der Waals surface area (Å²) in [5, 5.41) is 3.29. The van der Waals surface area contributed by atoms with Gasteiger partial charge in [0, 0.05) is 17.6 Å². The Morgan fingerprint density at radius 1 is 1.00 bits per heavy atom. The summed E-state index contributed by atoms with van der Waals surface area (Å²) >= 11 is 6.36. The monoisotopic (exact) mass is 585 g/mol. The number of ether oxygens (including phenoxy) is 1. The number of sulfonamides is 1. The highest BCUT2D eigenvalue weighted by atomic mass is 35.5. The van der Waals surface area contributed by atoms with E-state index in [-0.39, 0.29) is 29.1 Å². The van der Waals surface area contributed by atoms with Gasteiger partial charge in [0.15, 0.2) is 0 Å². The molecule has 2 atom stereocenters. The molecule has 0 saturated heterocycles. The minimum atomic E-state index is -4.17. The van der Waals surface area contributed by atoms with Crippen molar-refractivity contribution in [2.24, 2.45) is 0 Å². The molecule has 10 heteroatoms. The molecule has 3 aromatic rings. The molecule has 40 heavy (non-hydrogen) atoms. The second kappa shape index (κ2) is 13.7. The van der Waals surface area contributed by atoms with Crippen LogP contribution < -0.4 is 14.4 Å². The molecule has 3 rings (SSSR count). The number of hydrogen-bond acceptors (Lipinski definition) is 5. The molecule has 0 fully saturated rings. The van der Waals surface area contributed by atoms with Gasteiger partial charge in [-0.15, -0.1) is 0 Å². The lowest BCUT2D eigenvalue weighted by Crippen LogP contribution is -2.52. The van der Waals surface area contributed by atoms with Crippen LogP contribution in [0.3, 0.4) is 0 Å². The van der Waals surface area contributed by atoms with Crippen molar-refractivity contribution in [2.45, 2.75) is 57.6 Å². The lowest BCUT2D eigenvalue weighted by molar-refractivity contribution is -0.139. The number of nitrogens with zero attached hydrogens (tertiary/aromatic N) is 2. The predicted molar refractivity (Wildman–Crippen MR) is 158 cm³/mol. The summed E-state index contributed by atoms with van der Waals surface area (Å²) in [6, 6.07) is 19.0. The molecule has 214 valence electrons. The number of amides is 2. The number of methoxy groups -OCH3 is 1. The molecule has 8 nitrogen and oxygen atoms in total. The van der Waals surface area contributed by atoms with Crippen LogP contribution in [0.25, 0.3) is 0 Å². The van der Waals surface area contributed by atoms with Crippen LogP contribution in [0.2, 0.25) is 5.02 Å². The van der Waals surface area contributed by atoms with Crippen LogP contribution in [-0.2, 0) is 26.2 Å². The van der Waals surface area contributed by atoms with Gasteiger partial charge in [-0.05, 0) is 74.7 Å². The quantitative estimate of drug-likeness (QED) is 0.316. The fourth-order valence-corrected chi connectivity index (χ4v) is 5.78. The van der Waals surface area contributed by atoms with Gasteiger partial charge < -0.3 is 15.0 Å². The number of anilines is 1. The van der Waals surface area contributed by atoms with Crippen molar-refractivity contribution in [1.29, 1.82) is 0 Å². The molecule has 0 aliphatic rings. The molecule has 0 spiro atoms. The molecule has 0 aliphatic carbocycles. The van der Waals surface area contributed by atoms with Gasteiger partial charge in [0.25, 0.3) is 10.0 Å². The van der Waals surface area contributed by atoms with E-state index in [1.54, 1.807) is 75.6 Å². The van der Waals surface area contributed by atoms with E-state index < -0.39 is 28.5 Å². The smallest absolute Gasteiger partial charge is 0.264 e. The highest BCUT2D eigenvalue weighted by Crippen LogP contribution is 2.31. The second-order valence-electron chi connectivity index (χ2n) is 9.58. The zero-order valence-corrected chi connectivity index (χ0v) is 25.0. The van der Waals surface area contributed by atoms with Crippen molar-refractivity contribution in [3.05, 3.63) is 88.9 Å². The Bertz CT molecular complexity index is 1430. The SMILES string of the molecule is CCC(C)NC(=O)C(C)N(Cc1cccc(OC)c1)C(=O)CN(c1cccc(Cl)c1C)S(=O)(=O)c1ccccc1. The lowest BCUT2D eigenvalue weighted by Gasteiger charge is -2.33. The van der Waals surface area contributed by atoms with E-state index >= 15 is 0 Å². The molecule has 0 heterocycles. The normalized spacial score (nSPS) is 12.8. The summed E-state index contributed by atoms with van der Waals surface area (Å²) in [6.45, 7) is 6.70. The van der Waals surface area contributed by atoms with Crippen LogP contribution in [0.4, 0.5) is 5.69 Å². The maximum absolute atomic E-state index is 14.0. The number of benzene rings is 3. The standard InChI is InChI=1S/C30H36ClN3O5S/c1-6-21(2)32-30(36)23(4)33(19-24-12-10-13-25(18-24)39-5)29(35)20-34(28-17-11-16-27(31)22(28)3)40(37,38)26-14-8-7-9-15-26/h7-18,21,23H,6,19-20H2,1-5H3,(H,32,36). The van der Waals surface area contributed by atoms with Crippen LogP contribution in [0.5, 0.6) is 5.75 Å². The van der Waals surface area contributed by atoms with Crippen LogP contribution in [0, 0.1) is 6.92 Å². The molecular formula is C30H36ClN3O5S. The number of carbonyl (C=O) groups is 2. The van der Waals surface area contributed by atoms with Crippen molar-refractivity contribution >= 4 is 39.1 Å². The summed E-state index contributed by atoms with van der Waals surface area (Å²) < 4.78 is 34.2. The van der Waals surface area contributed by atoms with Crippen LogP contribution in [0.1, 0.15) is 38.3 Å². The average Bonchev–Trinajstić information content (AvgIpc) is 2.96. The number of halogens is 1. The fourth-order valence-electron chi connectivity index (χ4n) is 4.11. The Morgan fingerprint density at radius 2 is 1.68 bits per heavy atom. The van der Waals surface area contributed by atoms with E-state index in [4.69, 9.17) is 16.3 Å². The maximum Gasteiger partial charge on any atom is 0.264 e. The molecule has 0 saturated carbocycles. The van der Waals surface area contributed by atoms with Gasteiger partial charge in [-0.25, -0.2) is 8.42 Å². The summed E-state index contributed by atoms with van der Waals surface area (Å²) in [7, 11) is -2.62. The molecule has 0 aliphatic heterocycles. The van der Waals surface area contributed by atoms with E-state index in [1.807, 2.05) is 19.9 Å². The van der Waals surface area contributed by atoms with Crippen molar-refractivity contribution in [3.63, 3.8) is 0 Å². The third-order valence-electron chi connectivity index (χ3n) is 6.77. The fraction of sp³-hybridized carbons (Fsp3) is 0.333. The average molecular weight is 586 g/mol. The van der Waals surface area contributed by atoms with E-state index in [9.17, 15) is 18.0 Å². The second-order valence-corrected chi connectivity index (χ2v) is 11.8. The Hall–Kier alpha value is -3.56. The molecule has 2 unspecified atom stereocenters. The van der Waals surface area contributed by atoms with Crippen molar-refractivity contribution < 1.29 is 22.7 Å². The number of carbonyl (C=O) groups excluding carboxylic acids is 2. The van der Waals surface area contributed by atoms with Gasteiger partial charge in [0.1, 0.15) is 18.3 Å². The van der Waals surface area contributed by atoms with Gasteiger partial charge in [-0.1, -0.05) is 54.9 Å². The van der Waals surface area contributed by atoms with E-state index in [2.05, 4.69) is 5.32 Å². The number of rotatable bonds is 12. The Balaban J connectivity index is 2.06. The summed E-state index contributed by atoms with van der Waals surface area (Å²) in [4.78, 5) is 28.6. The molecule has 2 amide bonds. The van der Waals surface area contributed by atoms with Crippen LogP contribution >= 0.6 is 11.6 Å². The number of nitrogens with one attached hydrogen (secondary N) is 1.